The van der Waals surface area contributed by atoms with Crippen molar-refractivity contribution in [2.24, 2.45) is 0 Å². The molecule has 184 valence electrons. The SMILES string of the molecule is COc1ccc([N+](=O)[O-])cc1-n1c(C)cc(/C=C2\C(=O)NC(=S)N(c3cccc(C)c3C)C2=O)c1C. The summed E-state index contributed by atoms with van der Waals surface area (Å²) in [6, 6.07) is 11.7. The number of rotatable bonds is 5. The lowest BCUT2D eigenvalue weighted by atomic mass is 10.0. The number of aromatic nitrogens is 1. The van der Waals surface area contributed by atoms with Crippen LogP contribution in [0.25, 0.3) is 11.8 Å². The molecule has 9 nitrogen and oxygen atoms in total. The molecular weight excluding hydrogens is 480 g/mol. The first-order chi connectivity index (χ1) is 17.0. The van der Waals surface area contributed by atoms with Crippen molar-refractivity contribution in [3.05, 3.63) is 86.2 Å². The number of anilines is 1. The van der Waals surface area contributed by atoms with Crippen molar-refractivity contribution < 1.29 is 19.2 Å². The topological polar surface area (TPSA) is 107 Å². The number of thiocarbonyl (C=S) groups is 1. The molecule has 4 rings (SSSR count). The summed E-state index contributed by atoms with van der Waals surface area (Å²) in [5.41, 5.74) is 4.79. The van der Waals surface area contributed by atoms with Crippen LogP contribution in [0, 0.1) is 37.8 Å². The zero-order valence-electron chi connectivity index (χ0n) is 20.4. The molecule has 0 saturated carbocycles. The average molecular weight is 505 g/mol. The van der Waals surface area contributed by atoms with E-state index in [2.05, 4.69) is 5.32 Å². The minimum absolute atomic E-state index is 0.0163. The summed E-state index contributed by atoms with van der Waals surface area (Å²) >= 11 is 5.33. The summed E-state index contributed by atoms with van der Waals surface area (Å²) in [6.07, 6.45) is 1.51. The number of nitro groups is 1. The number of hydrogen-bond donors (Lipinski definition) is 1. The second-order valence-corrected chi connectivity index (χ2v) is 8.84. The number of carbonyl (C=O) groups excluding carboxylic acids is 2. The highest BCUT2D eigenvalue weighted by molar-refractivity contribution is 7.80. The molecule has 2 heterocycles. The maximum Gasteiger partial charge on any atom is 0.271 e. The number of nitrogens with one attached hydrogen (secondary N) is 1. The minimum atomic E-state index is -0.593. The summed E-state index contributed by atoms with van der Waals surface area (Å²) in [7, 11) is 1.48. The van der Waals surface area contributed by atoms with Crippen molar-refractivity contribution in [1.29, 1.82) is 0 Å². The zero-order chi connectivity index (χ0) is 26.3. The molecule has 36 heavy (non-hydrogen) atoms. The fourth-order valence-corrected chi connectivity index (χ4v) is 4.55. The van der Waals surface area contributed by atoms with Crippen LogP contribution in [0.5, 0.6) is 5.75 Å². The molecule has 2 amide bonds. The molecule has 1 aliphatic rings. The Bertz CT molecular complexity index is 1490. The van der Waals surface area contributed by atoms with Gasteiger partial charge < -0.3 is 9.30 Å². The van der Waals surface area contributed by atoms with Crippen molar-refractivity contribution in [3.8, 4) is 11.4 Å². The predicted octanol–water partition coefficient (Wildman–Crippen LogP) is 4.46. The van der Waals surface area contributed by atoms with Crippen molar-refractivity contribution in [3.63, 3.8) is 0 Å². The van der Waals surface area contributed by atoms with Crippen molar-refractivity contribution in [1.82, 2.24) is 9.88 Å². The van der Waals surface area contributed by atoms with Crippen LogP contribution in [0.2, 0.25) is 0 Å². The number of ether oxygens (including phenoxy) is 1. The largest absolute Gasteiger partial charge is 0.495 e. The Morgan fingerprint density at radius 1 is 1.06 bits per heavy atom. The fraction of sp³-hybridized carbons (Fsp3) is 0.192. The van der Waals surface area contributed by atoms with Crippen LogP contribution in [0.4, 0.5) is 11.4 Å². The molecule has 0 radical (unpaired) electrons. The molecule has 1 N–H and O–H groups in total. The first-order valence-electron chi connectivity index (χ1n) is 11.0. The van der Waals surface area contributed by atoms with E-state index in [1.165, 1.54) is 36.3 Å². The number of methoxy groups -OCH3 is 1. The lowest BCUT2D eigenvalue weighted by molar-refractivity contribution is -0.384. The summed E-state index contributed by atoms with van der Waals surface area (Å²) in [6.45, 7) is 7.45. The Morgan fingerprint density at radius 2 is 1.78 bits per heavy atom. The maximum absolute atomic E-state index is 13.5. The number of amides is 2. The fourth-order valence-electron chi connectivity index (χ4n) is 4.28. The van der Waals surface area contributed by atoms with E-state index in [0.717, 1.165) is 16.8 Å². The smallest absolute Gasteiger partial charge is 0.271 e. The molecular formula is C26H24N4O5S. The third kappa shape index (κ3) is 4.16. The first-order valence-corrected chi connectivity index (χ1v) is 11.5. The van der Waals surface area contributed by atoms with Gasteiger partial charge in [-0.2, -0.15) is 0 Å². The van der Waals surface area contributed by atoms with Crippen molar-refractivity contribution in [2.45, 2.75) is 27.7 Å². The molecule has 0 unspecified atom stereocenters. The van der Waals surface area contributed by atoms with Gasteiger partial charge in [0, 0.05) is 23.5 Å². The monoisotopic (exact) mass is 504 g/mol. The van der Waals surface area contributed by atoms with E-state index in [4.69, 9.17) is 17.0 Å². The molecule has 3 aromatic rings. The van der Waals surface area contributed by atoms with Crippen LogP contribution < -0.4 is 15.0 Å². The van der Waals surface area contributed by atoms with Crippen LogP contribution in [0.3, 0.4) is 0 Å². The highest BCUT2D eigenvalue weighted by atomic mass is 32.1. The van der Waals surface area contributed by atoms with E-state index < -0.39 is 16.7 Å². The minimum Gasteiger partial charge on any atom is -0.495 e. The van der Waals surface area contributed by atoms with Crippen LogP contribution in [0.15, 0.2) is 48.0 Å². The lowest BCUT2D eigenvalue weighted by Gasteiger charge is -2.30. The number of carbonyl (C=O) groups is 2. The molecule has 1 fully saturated rings. The second-order valence-electron chi connectivity index (χ2n) is 8.45. The van der Waals surface area contributed by atoms with E-state index >= 15 is 0 Å². The summed E-state index contributed by atoms with van der Waals surface area (Å²) in [5, 5.41) is 14.0. The molecule has 0 spiro atoms. The van der Waals surface area contributed by atoms with Gasteiger partial charge in [0.05, 0.1) is 23.4 Å². The molecule has 1 saturated heterocycles. The van der Waals surface area contributed by atoms with Gasteiger partial charge in [0.25, 0.3) is 17.5 Å². The van der Waals surface area contributed by atoms with Crippen LogP contribution in [-0.2, 0) is 9.59 Å². The van der Waals surface area contributed by atoms with Gasteiger partial charge in [0.1, 0.15) is 11.3 Å². The van der Waals surface area contributed by atoms with Gasteiger partial charge >= 0.3 is 0 Å². The van der Waals surface area contributed by atoms with Gasteiger partial charge in [-0.3, -0.25) is 29.9 Å². The van der Waals surface area contributed by atoms with Crippen LogP contribution in [0.1, 0.15) is 28.1 Å². The van der Waals surface area contributed by atoms with E-state index in [9.17, 15) is 19.7 Å². The zero-order valence-corrected chi connectivity index (χ0v) is 21.2. The number of nitrogens with zero attached hydrogens (tertiary/aromatic N) is 3. The third-order valence-corrected chi connectivity index (χ3v) is 6.59. The number of non-ortho nitro benzene ring substituents is 1. The molecule has 1 aliphatic heterocycles. The standard InChI is InChI=1S/C26H24N4O5S/c1-14-7-6-8-21(16(14)3)29-25(32)20(24(31)27-26(29)36)12-18-11-15(2)28(17(18)4)22-13-19(30(33)34)9-10-23(22)35-5/h6-13H,1-5H3,(H,27,31,36)/b20-12+. The van der Waals surface area contributed by atoms with Crippen LogP contribution in [-0.4, -0.2) is 33.5 Å². The summed E-state index contributed by atoms with van der Waals surface area (Å²) < 4.78 is 7.22. The Hall–Kier alpha value is -4.31. The Labute approximate surface area is 213 Å². The molecule has 2 aromatic carbocycles. The van der Waals surface area contributed by atoms with Gasteiger partial charge in [0.15, 0.2) is 5.11 Å². The second kappa shape index (κ2) is 9.38. The van der Waals surface area contributed by atoms with Gasteiger partial charge in [-0.15, -0.1) is 0 Å². The quantitative estimate of drug-likeness (QED) is 0.181. The first kappa shape index (κ1) is 24.8. The average Bonchev–Trinajstić information content (AvgIpc) is 3.11. The van der Waals surface area contributed by atoms with E-state index in [0.29, 0.717) is 28.4 Å². The van der Waals surface area contributed by atoms with Gasteiger partial charge in [-0.25, -0.2) is 0 Å². The number of aryl methyl sites for hydroxylation is 2. The van der Waals surface area contributed by atoms with Gasteiger partial charge in [-0.05, 0) is 80.9 Å². The molecule has 10 heteroatoms. The van der Waals surface area contributed by atoms with E-state index in [-0.39, 0.29) is 16.4 Å². The van der Waals surface area contributed by atoms with Crippen molar-refractivity contribution in [2.75, 3.05) is 12.0 Å². The van der Waals surface area contributed by atoms with Gasteiger partial charge in [0.2, 0.25) is 0 Å². The Morgan fingerprint density at radius 3 is 2.44 bits per heavy atom. The van der Waals surface area contributed by atoms with E-state index in [1.54, 1.807) is 23.6 Å². The molecule has 1 aromatic heterocycles. The maximum atomic E-state index is 13.5. The molecule has 0 aliphatic carbocycles. The summed E-state index contributed by atoms with van der Waals surface area (Å²) in [5.74, 6) is -0.681. The van der Waals surface area contributed by atoms with Crippen molar-refractivity contribution >= 4 is 46.6 Å². The highest BCUT2D eigenvalue weighted by Crippen LogP contribution is 2.33. The van der Waals surface area contributed by atoms with Crippen LogP contribution >= 0.6 is 12.2 Å². The number of benzene rings is 2. The third-order valence-electron chi connectivity index (χ3n) is 6.30. The highest BCUT2D eigenvalue weighted by Gasteiger charge is 2.35. The number of hydrogen-bond acceptors (Lipinski definition) is 6. The predicted molar refractivity (Wildman–Crippen MR) is 141 cm³/mol. The molecule has 0 bridgehead atoms. The molecule has 0 atom stereocenters. The van der Waals surface area contributed by atoms with Gasteiger partial charge in [-0.1, -0.05) is 12.1 Å². The number of nitro benzene ring substituents is 1. The lowest BCUT2D eigenvalue weighted by Crippen LogP contribution is -2.54. The Kier molecular flexibility index (Phi) is 6.47. The van der Waals surface area contributed by atoms with E-state index in [1.807, 2.05) is 32.9 Å². The summed E-state index contributed by atoms with van der Waals surface area (Å²) in [4.78, 5) is 38.6. The normalized spacial score (nSPS) is 14.9. The Balaban J connectivity index is 1.83.